The molecule has 21 heavy (non-hydrogen) atoms. The molecule has 7 heteroatoms. The number of nitro benzene ring substituents is 1. The van der Waals surface area contributed by atoms with Crippen LogP contribution in [0.5, 0.6) is 0 Å². The van der Waals surface area contributed by atoms with E-state index in [0.717, 1.165) is 13.0 Å². The van der Waals surface area contributed by atoms with Crippen LogP contribution in [0.4, 0.5) is 5.69 Å². The largest absolute Gasteiger partial charge is 0.419 e. The minimum absolute atomic E-state index is 0.00389. The van der Waals surface area contributed by atoms with Crippen LogP contribution in [0.15, 0.2) is 22.6 Å². The summed E-state index contributed by atoms with van der Waals surface area (Å²) in [7, 11) is 0. The lowest BCUT2D eigenvalue weighted by Crippen LogP contribution is -2.20. The fourth-order valence-electron chi connectivity index (χ4n) is 2.21. The highest BCUT2D eigenvalue weighted by atomic mass is 16.6. The summed E-state index contributed by atoms with van der Waals surface area (Å²) >= 11 is 0. The van der Waals surface area contributed by atoms with Gasteiger partial charge in [0.15, 0.2) is 0 Å². The molecule has 7 nitrogen and oxygen atoms in total. The number of aryl methyl sites for hydroxylation is 1. The zero-order valence-electron chi connectivity index (χ0n) is 12.3. The van der Waals surface area contributed by atoms with Crippen LogP contribution in [0.3, 0.4) is 0 Å². The van der Waals surface area contributed by atoms with E-state index in [-0.39, 0.29) is 17.6 Å². The molecule has 0 aliphatic carbocycles. The summed E-state index contributed by atoms with van der Waals surface area (Å²) in [6.45, 7) is 6.46. The maximum Gasteiger partial charge on any atom is 0.284 e. The van der Waals surface area contributed by atoms with Gasteiger partial charge in [0.2, 0.25) is 5.89 Å². The Balaban J connectivity index is 2.43. The quantitative estimate of drug-likeness (QED) is 0.649. The number of benzene rings is 1. The minimum Gasteiger partial charge on any atom is -0.419 e. The third-order valence-corrected chi connectivity index (χ3v) is 3.25. The lowest BCUT2D eigenvalue weighted by atomic mass is 10.1. The Morgan fingerprint density at radius 2 is 2.14 bits per heavy atom. The van der Waals surface area contributed by atoms with Crippen LogP contribution in [0.2, 0.25) is 0 Å². The second-order valence-corrected chi connectivity index (χ2v) is 4.69. The molecule has 0 amide bonds. The van der Waals surface area contributed by atoms with Gasteiger partial charge in [-0.15, -0.1) is 10.2 Å². The topological polar surface area (TPSA) is 94.1 Å². The number of aromatic nitrogens is 2. The standard InChI is InChI=1S/C14H18N4O3/c1-4-11(15-5-2)14-17-16-13(21-14)10-8-6-7-9(3)12(10)18(19)20/h6-8,11,15H,4-5H2,1-3H3. The molecule has 1 N–H and O–H groups in total. The maximum atomic E-state index is 11.2. The molecular formula is C14H18N4O3. The molecule has 1 atom stereocenters. The van der Waals surface area contributed by atoms with Crippen molar-refractivity contribution in [3.05, 3.63) is 39.8 Å². The highest BCUT2D eigenvalue weighted by molar-refractivity contribution is 5.69. The van der Waals surface area contributed by atoms with Crippen molar-refractivity contribution in [1.82, 2.24) is 15.5 Å². The molecule has 2 rings (SSSR count). The van der Waals surface area contributed by atoms with Crippen LogP contribution in [0.1, 0.15) is 37.8 Å². The Bertz CT molecular complexity index is 639. The van der Waals surface area contributed by atoms with Crippen molar-refractivity contribution < 1.29 is 9.34 Å². The molecule has 1 aromatic heterocycles. The predicted octanol–water partition coefficient (Wildman–Crippen LogP) is 3.01. The Morgan fingerprint density at radius 1 is 1.38 bits per heavy atom. The van der Waals surface area contributed by atoms with Gasteiger partial charge in [-0.05, 0) is 26.0 Å². The molecule has 0 radical (unpaired) electrons. The number of nitrogens with zero attached hydrogens (tertiary/aromatic N) is 3. The van der Waals surface area contributed by atoms with Gasteiger partial charge < -0.3 is 9.73 Å². The molecule has 0 saturated heterocycles. The van der Waals surface area contributed by atoms with Crippen molar-refractivity contribution in [3.8, 4) is 11.5 Å². The van der Waals surface area contributed by atoms with E-state index in [1.165, 1.54) is 0 Å². The zero-order valence-corrected chi connectivity index (χ0v) is 12.3. The van der Waals surface area contributed by atoms with Gasteiger partial charge in [-0.25, -0.2) is 0 Å². The number of nitro groups is 1. The van der Waals surface area contributed by atoms with Crippen LogP contribution < -0.4 is 5.32 Å². The summed E-state index contributed by atoms with van der Waals surface area (Å²) in [4.78, 5) is 10.8. The fraction of sp³-hybridized carbons (Fsp3) is 0.429. The first-order valence-electron chi connectivity index (χ1n) is 6.89. The van der Waals surface area contributed by atoms with E-state index in [1.54, 1.807) is 25.1 Å². The molecule has 2 aromatic rings. The van der Waals surface area contributed by atoms with Crippen molar-refractivity contribution in [2.45, 2.75) is 33.2 Å². The zero-order chi connectivity index (χ0) is 15.4. The third-order valence-electron chi connectivity index (χ3n) is 3.25. The van der Waals surface area contributed by atoms with Gasteiger partial charge in [-0.3, -0.25) is 10.1 Å². The average molecular weight is 290 g/mol. The Kier molecular flexibility index (Phi) is 4.64. The van der Waals surface area contributed by atoms with Gasteiger partial charge in [0.1, 0.15) is 5.56 Å². The SMILES string of the molecule is CCNC(CC)c1nnc(-c2cccc(C)c2[N+](=O)[O-])o1. The Labute approximate surface area is 122 Å². The molecular weight excluding hydrogens is 272 g/mol. The number of nitrogens with one attached hydrogen (secondary N) is 1. The van der Waals surface area contributed by atoms with Gasteiger partial charge in [-0.2, -0.15) is 0 Å². The maximum absolute atomic E-state index is 11.2. The lowest BCUT2D eigenvalue weighted by molar-refractivity contribution is -0.384. The van der Waals surface area contributed by atoms with Crippen LogP contribution in [0.25, 0.3) is 11.5 Å². The van der Waals surface area contributed by atoms with Crippen molar-refractivity contribution in [1.29, 1.82) is 0 Å². The molecule has 1 heterocycles. The molecule has 0 bridgehead atoms. The average Bonchev–Trinajstić information content (AvgIpc) is 2.93. The predicted molar refractivity (Wildman–Crippen MR) is 77.8 cm³/mol. The van der Waals surface area contributed by atoms with E-state index in [0.29, 0.717) is 17.0 Å². The first kappa shape index (κ1) is 15.1. The van der Waals surface area contributed by atoms with Crippen LogP contribution in [-0.4, -0.2) is 21.7 Å². The number of para-hydroxylation sites is 1. The molecule has 0 saturated carbocycles. The minimum atomic E-state index is -0.420. The lowest BCUT2D eigenvalue weighted by Gasteiger charge is -2.10. The molecule has 0 spiro atoms. The molecule has 0 fully saturated rings. The molecule has 112 valence electrons. The van der Waals surface area contributed by atoms with Gasteiger partial charge >= 0.3 is 0 Å². The summed E-state index contributed by atoms with van der Waals surface area (Å²) in [5, 5.41) is 22.4. The van der Waals surface area contributed by atoms with E-state index in [4.69, 9.17) is 4.42 Å². The summed E-state index contributed by atoms with van der Waals surface area (Å²) in [6.07, 6.45) is 0.797. The first-order chi connectivity index (χ1) is 10.1. The number of rotatable bonds is 6. The number of hydrogen-bond acceptors (Lipinski definition) is 6. The monoisotopic (exact) mass is 290 g/mol. The Hall–Kier alpha value is -2.28. The molecule has 0 aliphatic heterocycles. The van der Waals surface area contributed by atoms with Crippen molar-refractivity contribution >= 4 is 5.69 Å². The normalized spacial score (nSPS) is 12.3. The second-order valence-electron chi connectivity index (χ2n) is 4.69. The molecule has 1 aromatic carbocycles. The van der Waals surface area contributed by atoms with Crippen molar-refractivity contribution in [2.75, 3.05) is 6.54 Å². The summed E-state index contributed by atoms with van der Waals surface area (Å²) < 4.78 is 5.63. The van der Waals surface area contributed by atoms with Gasteiger partial charge in [0.25, 0.3) is 11.6 Å². The van der Waals surface area contributed by atoms with E-state index in [9.17, 15) is 10.1 Å². The van der Waals surface area contributed by atoms with E-state index < -0.39 is 4.92 Å². The van der Waals surface area contributed by atoms with Crippen molar-refractivity contribution in [2.24, 2.45) is 0 Å². The smallest absolute Gasteiger partial charge is 0.284 e. The fourth-order valence-corrected chi connectivity index (χ4v) is 2.21. The van der Waals surface area contributed by atoms with E-state index >= 15 is 0 Å². The van der Waals surface area contributed by atoms with Crippen LogP contribution in [-0.2, 0) is 0 Å². The summed E-state index contributed by atoms with van der Waals surface area (Å²) in [5.41, 5.74) is 0.922. The Morgan fingerprint density at radius 3 is 2.76 bits per heavy atom. The van der Waals surface area contributed by atoms with Crippen molar-refractivity contribution in [3.63, 3.8) is 0 Å². The highest BCUT2D eigenvalue weighted by Gasteiger charge is 2.24. The van der Waals surface area contributed by atoms with Gasteiger partial charge in [0.05, 0.1) is 11.0 Å². The van der Waals surface area contributed by atoms with E-state index in [1.807, 2.05) is 13.8 Å². The second kappa shape index (κ2) is 6.45. The molecule has 0 aliphatic rings. The van der Waals surface area contributed by atoms with Gasteiger partial charge in [0, 0.05) is 5.56 Å². The van der Waals surface area contributed by atoms with Crippen LogP contribution in [0, 0.1) is 17.0 Å². The van der Waals surface area contributed by atoms with Crippen LogP contribution >= 0.6 is 0 Å². The molecule has 1 unspecified atom stereocenters. The highest BCUT2D eigenvalue weighted by Crippen LogP contribution is 2.32. The summed E-state index contributed by atoms with van der Waals surface area (Å²) in [5.74, 6) is 0.627. The van der Waals surface area contributed by atoms with Gasteiger partial charge in [-0.1, -0.05) is 26.0 Å². The van der Waals surface area contributed by atoms with E-state index in [2.05, 4.69) is 15.5 Å². The number of hydrogen-bond donors (Lipinski definition) is 1. The first-order valence-corrected chi connectivity index (χ1v) is 6.89. The summed E-state index contributed by atoms with van der Waals surface area (Å²) in [6, 6.07) is 5.01. The third kappa shape index (κ3) is 3.08.